The zero-order chi connectivity index (χ0) is 23.1. The van der Waals surface area contributed by atoms with Crippen molar-refractivity contribution < 1.29 is 19.1 Å². The molecular weight excluding hydrogens is 470 g/mol. The Balaban J connectivity index is 1.08. The monoisotopic (exact) mass is 491 g/mol. The highest BCUT2D eigenvalue weighted by molar-refractivity contribution is 7.26. The van der Waals surface area contributed by atoms with Crippen molar-refractivity contribution >= 4 is 44.7 Å². The first-order valence-electron chi connectivity index (χ1n) is 11.1. The zero-order valence-corrected chi connectivity index (χ0v) is 19.8. The van der Waals surface area contributed by atoms with Gasteiger partial charge in [-0.05, 0) is 36.4 Å². The van der Waals surface area contributed by atoms with Gasteiger partial charge in [-0.1, -0.05) is 24.3 Å². The number of piperazine rings is 1. The molecule has 2 aliphatic heterocycles. The van der Waals surface area contributed by atoms with E-state index in [0.717, 1.165) is 20.1 Å². The molecule has 2 aromatic heterocycles. The quantitative estimate of drug-likeness (QED) is 0.431. The fourth-order valence-corrected chi connectivity index (χ4v) is 6.17. The van der Waals surface area contributed by atoms with E-state index >= 15 is 0 Å². The molecule has 2 aromatic carbocycles. The molecule has 0 bridgehead atoms. The highest BCUT2D eigenvalue weighted by atomic mass is 32.1. The molecule has 1 fully saturated rings. The van der Waals surface area contributed by atoms with Gasteiger partial charge in [0.2, 0.25) is 6.10 Å². The van der Waals surface area contributed by atoms with Gasteiger partial charge in [-0.15, -0.1) is 22.7 Å². The maximum absolute atomic E-state index is 13.1. The van der Waals surface area contributed by atoms with E-state index in [0.29, 0.717) is 42.6 Å². The van der Waals surface area contributed by atoms with Crippen LogP contribution in [0.3, 0.4) is 0 Å². The number of rotatable bonds is 3. The first-order chi connectivity index (χ1) is 16.7. The summed E-state index contributed by atoms with van der Waals surface area (Å²) in [4.78, 5) is 36.0. The molecule has 0 aliphatic carbocycles. The predicted octanol–water partition coefficient (Wildman–Crippen LogP) is 4.15. The largest absolute Gasteiger partial charge is 0.485 e. The number of hydrogen-bond donors (Lipinski definition) is 0. The third-order valence-electron chi connectivity index (χ3n) is 5.98. The van der Waals surface area contributed by atoms with Gasteiger partial charge < -0.3 is 19.3 Å². The molecule has 2 aliphatic rings. The molecule has 2 amide bonds. The standard InChI is InChI=1S/C25H21N3O4S2/c29-24(19-15-31-17-6-2-3-7-18(17)32-19)27-11-13-28(14-12-27)25(30)22-10-9-21(33-22)23-26-16-5-1-4-8-20(16)34-23/h1-10,19H,11-15H2/t19-/m0/s1. The molecule has 9 heteroatoms. The van der Waals surface area contributed by atoms with Crippen LogP contribution in [0.4, 0.5) is 0 Å². The van der Waals surface area contributed by atoms with Crippen molar-refractivity contribution in [1.29, 1.82) is 0 Å². The van der Waals surface area contributed by atoms with Gasteiger partial charge in [0, 0.05) is 26.2 Å². The van der Waals surface area contributed by atoms with E-state index in [1.165, 1.54) is 11.3 Å². The fourth-order valence-electron chi connectivity index (χ4n) is 4.18. The number of carbonyl (C=O) groups is 2. The summed E-state index contributed by atoms with van der Waals surface area (Å²) in [6.07, 6.45) is -0.661. The number of thiazole rings is 1. The number of fused-ring (bicyclic) bond motifs is 2. The number of thiophene rings is 1. The molecule has 7 nitrogen and oxygen atoms in total. The van der Waals surface area contributed by atoms with E-state index in [-0.39, 0.29) is 18.4 Å². The summed E-state index contributed by atoms with van der Waals surface area (Å²) < 4.78 is 12.7. The number of hydrogen-bond acceptors (Lipinski definition) is 7. The lowest BCUT2D eigenvalue weighted by Gasteiger charge is -2.37. The minimum Gasteiger partial charge on any atom is -0.485 e. The average molecular weight is 492 g/mol. The number of nitrogens with zero attached hydrogens (tertiary/aromatic N) is 3. The summed E-state index contributed by atoms with van der Waals surface area (Å²) in [5, 5.41) is 0.928. The second-order valence-electron chi connectivity index (χ2n) is 8.13. The van der Waals surface area contributed by atoms with E-state index < -0.39 is 6.10 Å². The highest BCUT2D eigenvalue weighted by Crippen LogP contribution is 2.35. The van der Waals surface area contributed by atoms with Crippen molar-refractivity contribution in [2.24, 2.45) is 0 Å². The van der Waals surface area contributed by atoms with Crippen LogP contribution in [0, 0.1) is 0 Å². The Bertz CT molecular complexity index is 1340. The van der Waals surface area contributed by atoms with Crippen molar-refractivity contribution in [1.82, 2.24) is 14.8 Å². The summed E-state index contributed by atoms with van der Waals surface area (Å²) in [5.74, 6) is 1.14. The van der Waals surface area contributed by atoms with E-state index in [9.17, 15) is 9.59 Å². The molecule has 0 N–H and O–H groups in total. The van der Waals surface area contributed by atoms with Gasteiger partial charge in [0.15, 0.2) is 11.5 Å². The van der Waals surface area contributed by atoms with E-state index in [1.54, 1.807) is 22.3 Å². The lowest BCUT2D eigenvalue weighted by molar-refractivity contribution is -0.142. The van der Waals surface area contributed by atoms with Crippen molar-refractivity contribution in [3.63, 3.8) is 0 Å². The maximum Gasteiger partial charge on any atom is 0.267 e. The Morgan fingerprint density at radius 2 is 1.59 bits per heavy atom. The van der Waals surface area contributed by atoms with Crippen LogP contribution in [0.15, 0.2) is 60.7 Å². The van der Waals surface area contributed by atoms with Crippen LogP contribution in [-0.2, 0) is 4.79 Å². The van der Waals surface area contributed by atoms with Gasteiger partial charge in [-0.3, -0.25) is 9.59 Å². The number of carbonyl (C=O) groups excluding carboxylic acids is 2. The first kappa shape index (κ1) is 21.1. The second-order valence-corrected chi connectivity index (χ2v) is 10.2. The zero-order valence-electron chi connectivity index (χ0n) is 18.2. The fraction of sp³-hybridized carbons (Fsp3) is 0.240. The highest BCUT2D eigenvalue weighted by Gasteiger charge is 2.33. The molecule has 34 heavy (non-hydrogen) atoms. The maximum atomic E-state index is 13.1. The Labute approximate surface area is 204 Å². The van der Waals surface area contributed by atoms with Gasteiger partial charge >= 0.3 is 0 Å². The van der Waals surface area contributed by atoms with Gasteiger partial charge in [0.1, 0.15) is 11.6 Å². The number of amides is 2. The van der Waals surface area contributed by atoms with Crippen molar-refractivity contribution in [3.05, 3.63) is 65.5 Å². The minimum absolute atomic E-state index is 0.00404. The van der Waals surface area contributed by atoms with Gasteiger partial charge in [-0.2, -0.15) is 0 Å². The van der Waals surface area contributed by atoms with Crippen LogP contribution < -0.4 is 9.47 Å². The molecule has 0 unspecified atom stereocenters. The van der Waals surface area contributed by atoms with Gasteiger partial charge in [-0.25, -0.2) is 4.98 Å². The topological polar surface area (TPSA) is 72.0 Å². The lowest BCUT2D eigenvalue weighted by atomic mass is 10.2. The summed E-state index contributed by atoms with van der Waals surface area (Å²) in [6, 6.07) is 19.2. The summed E-state index contributed by atoms with van der Waals surface area (Å²) in [7, 11) is 0. The van der Waals surface area contributed by atoms with Crippen LogP contribution in [0.2, 0.25) is 0 Å². The Morgan fingerprint density at radius 1 is 0.853 bits per heavy atom. The third kappa shape index (κ3) is 3.91. The van der Waals surface area contributed by atoms with E-state index in [1.807, 2.05) is 53.4 Å². The number of ether oxygens (including phenoxy) is 2. The molecule has 1 saturated heterocycles. The van der Waals surface area contributed by atoms with E-state index in [4.69, 9.17) is 14.5 Å². The minimum atomic E-state index is -0.661. The lowest BCUT2D eigenvalue weighted by Crippen LogP contribution is -2.55. The second kappa shape index (κ2) is 8.73. The summed E-state index contributed by atoms with van der Waals surface area (Å²) in [6.45, 7) is 2.12. The summed E-state index contributed by atoms with van der Waals surface area (Å²) in [5.41, 5.74) is 0.973. The Kier molecular flexibility index (Phi) is 5.43. The smallest absolute Gasteiger partial charge is 0.267 e. The first-order valence-corrected chi connectivity index (χ1v) is 12.7. The van der Waals surface area contributed by atoms with Crippen molar-refractivity contribution in [2.75, 3.05) is 32.8 Å². The molecule has 1 atom stereocenters. The normalized spacial score (nSPS) is 17.7. The predicted molar refractivity (Wildman–Crippen MR) is 132 cm³/mol. The Morgan fingerprint density at radius 3 is 2.41 bits per heavy atom. The van der Waals surface area contributed by atoms with Gasteiger partial charge in [0.05, 0.1) is 20.0 Å². The molecule has 0 saturated carbocycles. The van der Waals surface area contributed by atoms with E-state index in [2.05, 4.69) is 6.07 Å². The van der Waals surface area contributed by atoms with Crippen LogP contribution in [-0.4, -0.2) is 65.5 Å². The van der Waals surface area contributed by atoms with Crippen LogP contribution >= 0.6 is 22.7 Å². The molecule has 0 radical (unpaired) electrons. The Hall–Kier alpha value is -3.43. The van der Waals surface area contributed by atoms with Crippen LogP contribution in [0.25, 0.3) is 20.1 Å². The SMILES string of the molecule is O=C(c1ccc(-c2nc3ccccc3s2)s1)N1CCN(C(=O)[C@@H]2COc3ccccc3O2)CC1. The van der Waals surface area contributed by atoms with Crippen LogP contribution in [0.1, 0.15) is 9.67 Å². The molecular formula is C25H21N3O4S2. The third-order valence-corrected chi connectivity index (χ3v) is 8.26. The average Bonchev–Trinajstić information content (AvgIpc) is 3.55. The molecule has 172 valence electrons. The molecule has 4 heterocycles. The molecule has 0 spiro atoms. The van der Waals surface area contributed by atoms with Crippen LogP contribution in [0.5, 0.6) is 11.5 Å². The molecule has 4 aromatic rings. The molecule has 6 rings (SSSR count). The number of benzene rings is 2. The number of aromatic nitrogens is 1. The van der Waals surface area contributed by atoms with Crippen molar-refractivity contribution in [2.45, 2.75) is 6.10 Å². The summed E-state index contributed by atoms with van der Waals surface area (Å²) >= 11 is 3.10. The van der Waals surface area contributed by atoms with Gasteiger partial charge in [0.25, 0.3) is 11.8 Å². The van der Waals surface area contributed by atoms with Crippen molar-refractivity contribution in [3.8, 4) is 21.4 Å². The number of para-hydroxylation sites is 3.